The standard InChI is InChI=1S/C22H25N3O2S/c1-3-4-18(26)20-21(15-7-8-15)28-22-23-17(10-19(27)25(20)22)12-24-11-16(9-13(24)2)14-5-6-14/h9-11,14-15H,3-8,12H2,1-2H3. The summed E-state index contributed by atoms with van der Waals surface area (Å²) >= 11 is 1.53. The second kappa shape index (κ2) is 6.69. The van der Waals surface area contributed by atoms with Crippen molar-refractivity contribution in [2.45, 2.75) is 70.8 Å². The molecule has 0 unspecified atom stereocenters. The van der Waals surface area contributed by atoms with Crippen LogP contribution in [-0.4, -0.2) is 19.7 Å². The van der Waals surface area contributed by atoms with Crippen LogP contribution in [0.15, 0.2) is 23.1 Å². The van der Waals surface area contributed by atoms with Crippen LogP contribution >= 0.6 is 11.3 Å². The van der Waals surface area contributed by atoms with Crippen LogP contribution in [-0.2, 0) is 6.54 Å². The van der Waals surface area contributed by atoms with Gasteiger partial charge < -0.3 is 4.57 Å². The number of carbonyl (C=O) groups is 1. The van der Waals surface area contributed by atoms with Gasteiger partial charge in [0.15, 0.2) is 10.7 Å². The zero-order valence-corrected chi connectivity index (χ0v) is 17.2. The molecular weight excluding hydrogens is 370 g/mol. The molecule has 0 amide bonds. The number of hydrogen-bond acceptors (Lipinski definition) is 4. The van der Waals surface area contributed by atoms with Crippen LogP contribution in [0.25, 0.3) is 4.96 Å². The lowest BCUT2D eigenvalue weighted by molar-refractivity contribution is 0.0975. The second-order valence-electron chi connectivity index (χ2n) is 8.28. The molecule has 5 nitrogen and oxygen atoms in total. The number of rotatable bonds is 7. The van der Waals surface area contributed by atoms with Crippen LogP contribution in [0.5, 0.6) is 0 Å². The van der Waals surface area contributed by atoms with Crippen molar-refractivity contribution < 1.29 is 4.79 Å². The third-order valence-electron chi connectivity index (χ3n) is 5.80. The number of hydrogen-bond donors (Lipinski definition) is 0. The maximum Gasteiger partial charge on any atom is 0.259 e. The van der Waals surface area contributed by atoms with E-state index in [1.54, 1.807) is 10.5 Å². The molecule has 0 spiro atoms. The Labute approximate surface area is 168 Å². The molecule has 0 saturated heterocycles. The lowest BCUT2D eigenvalue weighted by Crippen LogP contribution is -2.20. The average molecular weight is 396 g/mol. The SMILES string of the molecule is CCCC(=O)c1c(C2CC2)sc2nc(Cn3cc(C4CC4)cc3C)cc(=O)n12. The van der Waals surface area contributed by atoms with Gasteiger partial charge in [-0.05, 0) is 62.5 Å². The van der Waals surface area contributed by atoms with E-state index in [2.05, 4.69) is 23.8 Å². The Morgan fingerprint density at radius 3 is 2.64 bits per heavy atom. The van der Waals surface area contributed by atoms with Crippen LogP contribution < -0.4 is 5.56 Å². The van der Waals surface area contributed by atoms with E-state index in [4.69, 9.17) is 4.98 Å². The number of aromatic nitrogens is 3. The molecule has 0 atom stereocenters. The van der Waals surface area contributed by atoms with Gasteiger partial charge in [0.05, 0.1) is 12.2 Å². The molecular formula is C22H25N3O2S. The highest BCUT2D eigenvalue weighted by molar-refractivity contribution is 7.17. The molecule has 2 saturated carbocycles. The van der Waals surface area contributed by atoms with Crippen molar-refractivity contribution in [1.29, 1.82) is 0 Å². The summed E-state index contributed by atoms with van der Waals surface area (Å²) in [6.07, 6.45) is 8.24. The Hall–Kier alpha value is -2.21. The summed E-state index contributed by atoms with van der Waals surface area (Å²) < 4.78 is 3.75. The maximum absolute atomic E-state index is 13.0. The number of carbonyl (C=O) groups excluding carboxylic acids is 1. The summed E-state index contributed by atoms with van der Waals surface area (Å²) in [5.41, 5.74) is 3.84. The molecule has 0 N–H and O–H groups in total. The van der Waals surface area contributed by atoms with Crippen molar-refractivity contribution in [3.05, 3.63) is 56.2 Å². The van der Waals surface area contributed by atoms with Crippen LogP contribution in [0.4, 0.5) is 0 Å². The number of nitrogens with zero attached hydrogens (tertiary/aromatic N) is 3. The minimum atomic E-state index is -0.130. The highest BCUT2D eigenvalue weighted by Crippen LogP contribution is 2.45. The first-order valence-electron chi connectivity index (χ1n) is 10.3. The third kappa shape index (κ3) is 3.13. The first-order valence-corrected chi connectivity index (χ1v) is 11.1. The van der Waals surface area contributed by atoms with Gasteiger partial charge in [0.1, 0.15) is 5.69 Å². The minimum Gasteiger partial charge on any atom is -0.345 e. The molecule has 3 heterocycles. The fourth-order valence-electron chi connectivity index (χ4n) is 3.98. The number of thiazole rings is 1. The van der Waals surface area contributed by atoms with Gasteiger partial charge >= 0.3 is 0 Å². The van der Waals surface area contributed by atoms with E-state index in [1.807, 2.05) is 6.92 Å². The molecule has 2 fully saturated rings. The number of ketones is 1. The Balaban J connectivity index is 1.55. The predicted octanol–water partition coefficient (Wildman–Crippen LogP) is 4.65. The van der Waals surface area contributed by atoms with Gasteiger partial charge in [0, 0.05) is 29.3 Å². The maximum atomic E-state index is 13.0. The van der Waals surface area contributed by atoms with Crippen molar-refractivity contribution in [3.8, 4) is 0 Å². The Bertz CT molecular complexity index is 1130. The summed E-state index contributed by atoms with van der Waals surface area (Å²) in [5.74, 6) is 1.22. The van der Waals surface area contributed by atoms with Gasteiger partial charge in [-0.1, -0.05) is 6.92 Å². The fourth-order valence-corrected chi connectivity index (χ4v) is 5.31. The summed E-state index contributed by atoms with van der Waals surface area (Å²) in [5, 5.41) is 0. The molecule has 0 aliphatic heterocycles. The summed E-state index contributed by atoms with van der Waals surface area (Å²) in [4.78, 5) is 32.2. The lowest BCUT2D eigenvalue weighted by Gasteiger charge is -2.06. The molecule has 146 valence electrons. The molecule has 2 aliphatic rings. The van der Waals surface area contributed by atoms with Crippen molar-refractivity contribution in [3.63, 3.8) is 0 Å². The lowest BCUT2D eigenvalue weighted by atomic mass is 10.1. The minimum absolute atomic E-state index is 0.0719. The molecule has 0 radical (unpaired) electrons. The Morgan fingerprint density at radius 2 is 1.96 bits per heavy atom. The van der Waals surface area contributed by atoms with E-state index in [9.17, 15) is 9.59 Å². The van der Waals surface area contributed by atoms with Gasteiger partial charge in [-0.25, -0.2) is 9.38 Å². The van der Waals surface area contributed by atoms with Gasteiger partial charge in [-0.3, -0.25) is 9.59 Å². The molecule has 5 rings (SSSR count). The van der Waals surface area contributed by atoms with Gasteiger partial charge in [0.25, 0.3) is 5.56 Å². The van der Waals surface area contributed by atoms with E-state index >= 15 is 0 Å². The van der Waals surface area contributed by atoms with Gasteiger partial charge in [-0.15, -0.1) is 11.3 Å². The molecule has 0 bridgehead atoms. The molecule has 3 aromatic heterocycles. The molecule has 3 aromatic rings. The zero-order valence-electron chi connectivity index (χ0n) is 16.4. The monoisotopic (exact) mass is 395 g/mol. The normalized spacial score (nSPS) is 16.8. The van der Waals surface area contributed by atoms with Crippen molar-refractivity contribution in [2.75, 3.05) is 0 Å². The largest absolute Gasteiger partial charge is 0.345 e. The Morgan fingerprint density at radius 1 is 1.21 bits per heavy atom. The number of Topliss-reactive ketones (excluding diaryl/α,β-unsaturated/α-hetero) is 1. The van der Waals surface area contributed by atoms with Crippen LogP contribution in [0.3, 0.4) is 0 Å². The average Bonchev–Trinajstić information content (AvgIpc) is 3.57. The molecule has 6 heteroatoms. The highest BCUT2D eigenvalue weighted by atomic mass is 32.1. The molecule has 2 aliphatic carbocycles. The number of aryl methyl sites for hydroxylation is 1. The van der Waals surface area contributed by atoms with Crippen molar-refractivity contribution >= 4 is 22.1 Å². The summed E-state index contributed by atoms with van der Waals surface area (Å²) in [6.45, 7) is 4.70. The fraction of sp³-hybridized carbons (Fsp3) is 0.500. The van der Waals surface area contributed by atoms with Gasteiger partial charge in [0.2, 0.25) is 0 Å². The molecule has 0 aromatic carbocycles. The summed E-state index contributed by atoms with van der Waals surface area (Å²) in [7, 11) is 0. The quantitative estimate of drug-likeness (QED) is 0.547. The topological polar surface area (TPSA) is 56.4 Å². The summed E-state index contributed by atoms with van der Waals surface area (Å²) in [6, 6.07) is 3.86. The van der Waals surface area contributed by atoms with E-state index in [1.165, 1.54) is 35.4 Å². The third-order valence-corrected chi connectivity index (χ3v) is 7.01. The van der Waals surface area contributed by atoms with Crippen LogP contribution in [0, 0.1) is 6.92 Å². The van der Waals surface area contributed by atoms with Gasteiger partial charge in [-0.2, -0.15) is 0 Å². The van der Waals surface area contributed by atoms with Crippen molar-refractivity contribution in [2.24, 2.45) is 0 Å². The van der Waals surface area contributed by atoms with Crippen molar-refractivity contribution in [1.82, 2.24) is 14.0 Å². The number of fused-ring (bicyclic) bond motifs is 1. The van der Waals surface area contributed by atoms with E-state index < -0.39 is 0 Å². The van der Waals surface area contributed by atoms with Crippen LogP contribution in [0.2, 0.25) is 0 Å². The highest BCUT2D eigenvalue weighted by Gasteiger charge is 2.32. The zero-order chi connectivity index (χ0) is 19.4. The first kappa shape index (κ1) is 17.9. The molecule has 28 heavy (non-hydrogen) atoms. The van der Waals surface area contributed by atoms with Crippen LogP contribution in [0.1, 0.15) is 89.6 Å². The Kier molecular flexibility index (Phi) is 4.27. The van der Waals surface area contributed by atoms with E-state index in [0.717, 1.165) is 29.8 Å². The van der Waals surface area contributed by atoms with E-state index in [0.29, 0.717) is 35.5 Å². The first-order chi connectivity index (χ1) is 13.5. The van der Waals surface area contributed by atoms with E-state index in [-0.39, 0.29) is 11.3 Å². The second-order valence-corrected chi connectivity index (χ2v) is 9.29. The predicted molar refractivity (Wildman–Crippen MR) is 111 cm³/mol. The smallest absolute Gasteiger partial charge is 0.259 e.